The van der Waals surface area contributed by atoms with E-state index in [0.717, 1.165) is 24.7 Å². The number of aryl methyl sites for hydroxylation is 1. The molecule has 1 aliphatic rings. The number of rotatable bonds is 6. The van der Waals surface area contributed by atoms with Gasteiger partial charge in [0, 0.05) is 19.0 Å². The zero-order valence-corrected chi connectivity index (χ0v) is 11.3. The normalized spacial score (nSPS) is 19.6. The number of aromatic nitrogens is 4. The summed E-state index contributed by atoms with van der Waals surface area (Å²) < 4.78 is 0. The van der Waals surface area contributed by atoms with Gasteiger partial charge in [-0.2, -0.15) is 4.80 Å². The van der Waals surface area contributed by atoms with Gasteiger partial charge in [-0.05, 0) is 29.4 Å². The van der Waals surface area contributed by atoms with E-state index in [2.05, 4.69) is 41.5 Å². The summed E-state index contributed by atoms with van der Waals surface area (Å²) in [6.45, 7) is 7.76. The molecule has 1 aliphatic carbocycles. The Morgan fingerprint density at radius 2 is 2.18 bits per heavy atom. The summed E-state index contributed by atoms with van der Waals surface area (Å²) in [4.78, 5) is 1.54. The van der Waals surface area contributed by atoms with Crippen molar-refractivity contribution in [3.63, 3.8) is 0 Å². The van der Waals surface area contributed by atoms with Crippen molar-refractivity contribution >= 4 is 0 Å². The first kappa shape index (κ1) is 12.5. The molecule has 17 heavy (non-hydrogen) atoms. The van der Waals surface area contributed by atoms with Gasteiger partial charge in [0.15, 0.2) is 5.82 Å². The fraction of sp³-hybridized carbons (Fsp3) is 0.917. The van der Waals surface area contributed by atoms with Crippen LogP contribution >= 0.6 is 0 Å². The fourth-order valence-electron chi connectivity index (χ4n) is 2.32. The van der Waals surface area contributed by atoms with E-state index >= 15 is 0 Å². The molecule has 1 aromatic rings. The fourth-order valence-corrected chi connectivity index (χ4v) is 2.32. The molecule has 1 fully saturated rings. The summed E-state index contributed by atoms with van der Waals surface area (Å²) >= 11 is 0. The molecule has 1 unspecified atom stereocenters. The SMILES string of the molecule is CC(C)NCC(C)(Cc1nnn(C)n1)C1CC1. The third-order valence-electron chi connectivity index (χ3n) is 3.59. The lowest BCUT2D eigenvalue weighted by Gasteiger charge is -2.30. The standard InChI is InChI=1S/C12H23N5/c1-9(2)13-8-12(3,10-5-6-10)7-11-14-16-17(4)15-11/h9-10,13H,5-8H2,1-4H3. The highest BCUT2D eigenvalue weighted by atomic mass is 15.6. The lowest BCUT2D eigenvalue weighted by atomic mass is 9.81. The van der Waals surface area contributed by atoms with Gasteiger partial charge in [0.05, 0.1) is 7.05 Å². The predicted octanol–water partition coefficient (Wildman–Crippen LogP) is 1.17. The van der Waals surface area contributed by atoms with Crippen molar-refractivity contribution in [3.05, 3.63) is 5.82 Å². The molecule has 1 aromatic heterocycles. The van der Waals surface area contributed by atoms with E-state index in [9.17, 15) is 0 Å². The van der Waals surface area contributed by atoms with Crippen molar-refractivity contribution in [2.24, 2.45) is 18.4 Å². The number of hydrogen-bond acceptors (Lipinski definition) is 4. The van der Waals surface area contributed by atoms with Crippen LogP contribution in [0.25, 0.3) is 0 Å². The topological polar surface area (TPSA) is 55.6 Å². The van der Waals surface area contributed by atoms with Crippen LogP contribution in [-0.4, -0.2) is 32.8 Å². The first-order valence-corrected chi connectivity index (χ1v) is 6.46. The van der Waals surface area contributed by atoms with E-state index < -0.39 is 0 Å². The van der Waals surface area contributed by atoms with E-state index in [1.54, 1.807) is 4.80 Å². The predicted molar refractivity (Wildman–Crippen MR) is 66.5 cm³/mol. The molecule has 1 heterocycles. The minimum atomic E-state index is 0.271. The molecule has 2 rings (SSSR count). The Balaban J connectivity index is 2.00. The summed E-state index contributed by atoms with van der Waals surface area (Å²) in [7, 11) is 1.82. The Morgan fingerprint density at radius 1 is 1.47 bits per heavy atom. The summed E-state index contributed by atoms with van der Waals surface area (Å²) in [5.74, 6) is 1.69. The molecule has 0 aliphatic heterocycles. The molecule has 0 spiro atoms. The molecule has 5 heteroatoms. The number of nitrogens with zero attached hydrogens (tertiary/aromatic N) is 4. The van der Waals surface area contributed by atoms with Crippen LogP contribution in [0.1, 0.15) is 39.4 Å². The van der Waals surface area contributed by atoms with Crippen LogP contribution in [0.5, 0.6) is 0 Å². The summed E-state index contributed by atoms with van der Waals surface area (Å²) in [6.07, 6.45) is 3.61. The van der Waals surface area contributed by atoms with E-state index in [4.69, 9.17) is 0 Å². The third kappa shape index (κ3) is 3.25. The van der Waals surface area contributed by atoms with Crippen LogP contribution in [0.3, 0.4) is 0 Å². The lowest BCUT2D eigenvalue weighted by molar-refractivity contribution is 0.243. The van der Waals surface area contributed by atoms with Crippen molar-refractivity contribution in [1.29, 1.82) is 0 Å². The molecular weight excluding hydrogens is 214 g/mol. The highest BCUT2D eigenvalue weighted by Crippen LogP contribution is 2.46. The second kappa shape index (κ2) is 4.72. The minimum absolute atomic E-state index is 0.271. The molecule has 1 atom stereocenters. The summed E-state index contributed by atoms with van der Waals surface area (Å²) in [5.41, 5.74) is 0.271. The molecular formula is C12H23N5. The van der Waals surface area contributed by atoms with Gasteiger partial charge in [-0.15, -0.1) is 10.2 Å². The quantitative estimate of drug-likeness (QED) is 0.807. The number of tetrazole rings is 1. The molecule has 96 valence electrons. The smallest absolute Gasteiger partial charge is 0.175 e. The van der Waals surface area contributed by atoms with Gasteiger partial charge in [0.2, 0.25) is 0 Å². The summed E-state index contributed by atoms with van der Waals surface area (Å²) in [5, 5.41) is 15.9. The Bertz CT molecular complexity index is 369. The van der Waals surface area contributed by atoms with E-state index in [0.29, 0.717) is 6.04 Å². The van der Waals surface area contributed by atoms with Gasteiger partial charge < -0.3 is 5.32 Å². The third-order valence-corrected chi connectivity index (χ3v) is 3.59. The molecule has 0 radical (unpaired) electrons. The Morgan fingerprint density at radius 3 is 2.65 bits per heavy atom. The van der Waals surface area contributed by atoms with Crippen molar-refractivity contribution in [3.8, 4) is 0 Å². The van der Waals surface area contributed by atoms with Crippen molar-refractivity contribution in [1.82, 2.24) is 25.5 Å². The van der Waals surface area contributed by atoms with Crippen LogP contribution < -0.4 is 5.32 Å². The van der Waals surface area contributed by atoms with Gasteiger partial charge in [0.1, 0.15) is 0 Å². The van der Waals surface area contributed by atoms with Gasteiger partial charge in [-0.3, -0.25) is 0 Å². The highest BCUT2D eigenvalue weighted by molar-refractivity contribution is 4.98. The van der Waals surface area contributed by atoms with Crippen molar-refractivity contribution in [2.75, 3.05) is 6.54 Å². The van der Waals surface area contributed by atoms with Crippen LogP contribution in [0, 0.1) is 11.3 Å². The lowest BCUT2D eigenvalue weighted by Crippen LogP contribution is -2.39. The van der Waals surface area contributed by atoms with E-state index in [1.807, 2.05) is 7.05 Å². The largest absolute Gasteiger partial charge is 0.314 e. The van der Waals surface area contributed by atoms with Crippen molar-refractivity contribution in [2.45, 2.75) is 46.1 Å². The average Bonchev–Trinajstić information content (AvgIpc) is 3.02. The Kier molecular flexibility index (Phi) is 3.47. The molecule has 1 saturated carbocycles. The zero-order chi connectivity index (χ0) is 12.5. The van der Waals surface area contributed by atoms with Crippen LogP contribution in [-0.2, 0) is 13.5 Å². The van der Waals surface area contributed by atoms with Gasteiger partial charge in [-0.1, -0.05) is 20.8 Å². The Labute approximate surface area is 103 Å². The maximum atomic E-state index is 4.30. The van der Waals surface area contributed by atoms with Gasteiger partial charge >= 0.3 is 0 Å². The maximum Gasteiger partial charge on any atom is 0.175 e. The number of hydrogen-bond donors (Lipinski definition) is 1. The van der Waals surface area contributed by atoms with E-state index in [1.165, 1.54) is 12.8 Å². The van der Waals surface area contributed by atoms with Crippen LogP contribution in [0.15, 0.2) is 0 Å². The second-order valence-corrected chi connectivity index (χ2v) is 5.84. The van der Waals surface area contributed by atoms with Crippen LogP contribution in [0.4, 0.5) is 0 Å². The summed E-state index contributed by atoms with van der Waals surface area (Å²) in [6, 6.07) is 0.530. The molecule has 0 saturated heterocycles. The molecule has 5 nitrogen and oxygen atoms in total. The highest BCUT2D eigenvalue weighted by Gasteiger charge is 2.42. The minimum Gasteiger partial charge on any atom is -0.314 e. The molecule has 1 N–H and O–H groups in total. The molecule has 0 aromatic carbocycles. The second-order valence-electron chi connectivity index (χ2n) is 5.84. The Hall–Kier alpha value is -0.970. The van der Waals surface area contributed by atoms with Crippen LogP contribution in [0.2, 0.25) is 0 Å². The molecule has 0 bridgehead atoms. The monoisotopic (exact) mass is 237 g/mol. The van der Waals surface area contributed by atoms with Gasteiger partial charge in [0.25, 0.3) is 0 Å². The first-order chi connectivity index (χ1) is 7.99. The molecule has 0 amide bonds. The van der Waals surface area contributed by atoms with E-state index in [-0.39, 0.29) is 5.41 Å². The first-order valence-electron chi connectivity index (χ1n) is 6.46. The number of nitrogens with one attached hydrogen (secondary N) is 1. The maximum absolute atomic E-state index is 4.30. The van der Waals surface area contributed by atoms with Gasteiger partial charge in [-0.25, -0.2) is 0 Å². The average molecular weight is 237 g/mol. The van der Waals surface area contributed by atoms with Crippen molar-refractivity contribution < 1.29 is 0 Å². The zero-order valence-electron chi connectivity index (χ0n) is 11.3.